The fourth-order valence-corrected chi connectivity index (χ4v) is 13.0. The van der Waals surface area contributed by atoms with E-state index in [0.29, 0.717) is 49.9 Å². The summed E-state index contributed by atoms with van der Waals surface area (Å²) in [7, 11) is 0. The first kappa shape index (κ1) is 34.5. The van der Waals surface area contributed by atoms with E-state index in [9.17, 15) is 20.1 Å². The van der Waals surface area contributed by atoms with Crippen molar-refractivity contribution in [3.05, 3.63) is 48.2 Å². The van der Waals surface area contributed by atoms with Gasteiger partial charge in [0.05, 0.1) is 31.0 Å². The molecule has 269 valence electrons. The summed E-state index contributed by atoms with van der Waals surface area (Å²) in [5, 5.41) is 34.0. The van der Waals surface area contributed by atoms with Crippen LogP contribution in [0.4, 0.5) is 0 Å². The molecule has 0 bridgehead atoms. The van der Waals surface area contributed by atoms with Gasteiger partial charge in [0.1, 0.15) is 24.0 Å². The predicted molar refractivity (Wildman–Crippen MR) is 182 cm³/mol. The third-order valence-corrected chi connectivity index (χ3v) is 15.5. The molecule has 9 nitrogen and oxygen atoms in total. The number of ether oxygens (including phenoxy) is 3. The number of amides is 1. The summed E-state index contributed by atoms with van der Waals surface area (Å²) in [6.45, 7) is 16.3. The molecule has 0 aromatic carbocycles. The molecule has 2 saturated heterocycles. The van der Waals surface area contributed by atoms with Gasteiger partial charge in [-0.1, -0.05) is 40.7 Å². The van der Waals surface area contributed by atoms with Crippen molar-refractivity contribution in [3.63, 3.8) is 0 Å². The Kier molecular flexibility index (Phi) is 7.87. The van der Waals surface area contributed by atoms with Crippen LogP contribution in [0.1, 0.15) is 110 Å². The summed E-state index contributed by atoms with van der Waals surface area (Å²) in [6, 6.07) is 5.42. The third kappa shape index (κ3) is 4.64. The van der Waals surface area contributed by atoms with Crippen LogP contribution in [0.25, 0.3) is 0 Å². The first-order valence-electron chi connectivity index (χ1n) is 18.8. The van der Waals surface area contributed by atoms with Gasteiger partial charge in [-0.25, -0.2) is 0 Å². The number of fused-ring (bicyclic) bond motifs is 4. The Hall–Kier alpha value is -1.62. The first-order valence-corrected chi connectivity index (χ1v) is 18.8. The molecule has 11 atom stereocenters. The van der Waals surface area contributed by atoms with E-state index in [4.69, 9.17) is 14.2 Å². The summed E-state index contributed by atoms with van der Waals surface area (Å²) < 4.78 is 19.4. The van der Waals surface area contributed by atoms with E-state index in [-0.39, 0.29) is 45.5 Å². The van der Waals surface area contributed by atoms with E-state index in [1.807, 2.05) is 17.0 Å². The summed E-state index contributed by atoms with van der Waals surface area (Å²) >= 11 is 0. The monoisotopic (exact) mass is 677 g/mol. The lowest BCUT2D eigenvalue weighted by molar-refractivity contribution is -0.239. The smallest absolute Gasteiger partial charge is 0.272 e. The van der Waals surface area contributed by atoms with E-state index >= 15 is 0 Å². The Bertz CT molecular complexity index is 1450. The van der Waals surface area contributed by atoms with E-state index in [1.54, 1.807) is 32.0 Å². The Morgan fingerprint density at radius 1 is 1.14 bits per heavy atom. The topological polar surface area (TPSA) is 122 Å². The van der Waals surface area contributed by atoms with E-state index in [1.165, 1.54) is 6.42 Å². The molecule has 1 amide bonds. The molecule has 3 N–H and O–H groups in total. The van der Waals surface area contributed by atoms with Gasteiger partial charge in [0.15, 0.2) is 6.29 Å². The van der Waals surface area contributed by atoms with E-state index in [2.05, 4.69) is 39.6 Å². The molecular formula is C40H57N2O7. The van der Waals surface area contributed by atoms with E-state index in [0.717, 1.165) is 38.5 Å². The minimum atomic E-state index is -1.32. The number of hydrogen-bond acceptors (Lipinski definition) is 8. The maximum atomic E-state index is 13.2. The van der Waals surface area contributed by atoms with Crippen LogP contribution in [-0.2, 0) is 14.2 Å². The average Bonchev–Trinajstić information content (AvgIpc) is 3.70. The average molecular weight is 678 g/mol. The minimum absolute atomic E-state index is 0.0302. The van der Waals surface area contributed by atoms with Gasteiger partial charge in [-0.15, -0.1) is 0 Å². The van der Waals surface area contributed by atoms with Crippen LogP contribution in [-0.4, -0.2) is 81.0 Å². The van der Waals surface area contributed by atoms with Crippen molar-refractivity contribution >= 4 is 5.91 Å². The lowest BCUT2D eigenvalue weighted by Gasteiger charge is -2.63. The van der Waals surface area contributed by atoms with Gasteiger partial charge in [-0.2, -0.15) is 0 Å². The zero-order valence-corrected chi connectivity index (χ0v) is 30.5. The van der Waals surface area contributed by atoms with Crippen molar-refractivity contribution in [2.75, 3.05) is 19.7 Å². The molecule has 9 heteroatoms. The predicted octanol–water partition coefficient (Wildman–Crippen LogP) is 5.50. The number of carbonyl (C=O) groups is 1. The van der Waals surface area contributed by atoms with Crippen molar-refractivity contribution in [3.8, 4) is 0 Å². The highest BCUT2D eigenvalue weighted by atomic mass is 16.7. The molecule has 1 aromatic rings. The summed E-state index contributed by atoms with van der Waals surface area (Å²) in [4.78, 5) is 19.2. The molecular weight excluding hydrogens is 620 g/mol. The highest BCUT2D eigenvalue weighted by molar-refractivity contribution is 5.92. The zero-order chi connectivity index (χ0) is 34.9. The number of aliphatic hydroxyl groups excluding tert-OH is 2. The standard InChI is InChI=1S/C40H57N2O7/c1-23-20-25(32(43)36(4,5)46)48-31-30(23)37(6)15-16-40-22-39(40)14-13-28(35(2,3)26(39)11-12-27(40)38(37,7)33(31)44)49-29-21-42(18-19-47-29)34(45)24-10-8-9-17-41-24/h8-10,17,23,26,28-30,32-33,43-44,46H,11-16,18-22H2,1-7H3/t23-,26+,28?,29+,30+,32+,33+,37-,38-,39-,40+/m1/s1. The maximum Gasteiger partial charge on any atom is 0.272 e. The van der Waals surface area contributed by atoms with Gasteiger partial charge in [0.2, 0.25) is 0 Å². The Labute approximate surface area is 292 Å². The van der Waals surface area contributed by atoms with Gasteiger partial charge in [-0.05, 0) is 117 Å². The molecule has 1 unspecified atom stereocenters. The quantitative estimate of drug-likeness (QED) is 0.374. The van der Waals surface area contributed by atoms with Crippen LogP contribution < -0.4 is 0 Å². The van der Waals surface area contributed by atoms with Crippen molar-refractivity contribution in [1.82, 2.24) is 9.88 Å². The second kappa shape index (κ2) is 11.2. The maximum absolute atomic E-state index is 13.2. The Balaban J connectivity index is 1.00. The van der Waals surface area contributed by atoms with Crippen LogP contribution in [0, 0.1) is 63.0 Å². The van der Waals surface area contributed by atoms with Crippen LogP contribution in [0.2, 0.25) is 0 Å². The molecule has 7 fully saturated rings. The second-order valence-corrected chi connectivity index (χ2v) is 18.4. The Morgan fingerprint density at radius 2 is 1.92 bits per heavy atom. The molecule has 3 heterocycles. The number of rotatable bonds is 5. The molecule has 8 rings (SSSR count). The van der Waals surface area contributed by atoms with Gasteiger partial charge < -0.3 is 34.4 Å². The zero-order valence-electron chi connectivity index (χ0n) is 30.5. The van der Waals surface area contributed by atoms with Crippen molar-refractivity contribution in [2.24, 2.45) is 44.8 Å². The molecule has 5 saturated carbocycles. The van der Waals surface area contributed by atoms with Crippen LogP contribution >= 0.6 is 0 Å². The highest BCUT2D eigenvalue weighted by Crippen LogP contribution is 2.90. The Morgan fingerprint density at radius 3 is 2.63 bits per heavy atom. The number of pyridine rings is 1. The first-order chi connectivity index (χ1) is 23.0. The number of aliphatic hydroxyl groups is 3. The second-order valence-electron chi connectivity index (χ2n) is 18.4. The van der Waals surface area contributed by atoms with Crippen molar-refractivity contribution < 1.29 is 34.3 Å². The normalized spacial score (nSPS) is 45.8. The minimum Gasteiger partial charge on any atom is -0.389 e. The lowest BCUT2D eigenvalue weighted by Crippen LogP contribution is -2.59. The number of nitrogens with zero attached hydrogens (tertiary/aromatic N) is 2. The molecule has 7 aliphatic rings. The number of morpholine rings is 1. The fourth-order valence-electron chi connectivity index (χ4n) is 13.0. The van der Waals surface area contributed by atoms with Crippen LogP contribution in [0.3, 0.4) is 0 Å². The molecule has 5 aliphatic carbocycles. The number of aromatic nitrogens is 1. The third-order valence-electron chi connectivity index (χ3n) is 15.5. The summed E-state index contributed by atoms with van der Waals surface area (Å²) in [5.74, 6) is 2.27. The number of hydrogen-bond donors (Lipinski definition) is 3. The number of carbonyl (C=O) groups excluding carboxylic acids is 1. The molecule has 2 spiro atoms. The molecule has 3 radical (unpaired) electrons. The van der Waals surface area contributed by atoms with Crippen molar-refractivity contribution in [2.45, 2.75) is 130 Å². The van der Waals surface area contributed by atoms with Gasteiger partial charge in [0, 0.05) is 24.1 Å². The fraction of sp³-hybridized carbons (Fsp3) is 0.775. The van der Waals surface area contributed by atoms with Gasteiger partial charge >= 0.3 is 0 Å². The largest absolute Gasteiger partial charge is 0.389 e. The molecule has 49 heavy (non-hydrogen) atoms. The van der Waals surface area contributed by atoms with Crippen LogP contribution in [0.15, 0.2) is 24.4 Å². The van der Waals surface area contributed by atoms with E-state index < -0.39 is 29.5 Å². The van der Waals surface area contributed by atoms with Gasteiger partial charge in [0.25, 0.3) is 5.91 Å². The lowest BCUT2D eigenvalue weighted by atomic mass is 9.41. The summed E-state index contributed by atoms with van der Waals surface area (Å²) in [6.07, 6.45) is 8.65. The molecule has 2 aliphatic heterocycles. The summed E-state index contributed by atoms with van der Waals surface area (Å²) in [5.41, 5.74) is -1.17. The molecule has 1 aromatic heterocycles. The van der Waals surface area contributed by atoms with Crippen LogP contribution in [0.5, 0.6) is 0 Å². The highest BCUT2D eigenvalue weighted by Gasteiger charge is 2.85. The SMILES string of the molecule is C[C@@H]1C[C]([C@H](O)C(C)(C)O)O[C]2[C@H]1[C@@]1(C)CC[C@@]34C[C@@]35CCC(O[C@H]3CN(C(=O)c6ccccn6)CCO3)C(C)(C)[C@@H]5CC[C]4[C@]1(C)[C@H]2O. The van der Waals surface area contributed by atoms with Crippen molar-refractivity contribution in [1.29, 1.82) is 0 Å². The van der Waals surface area contributed by atoms with Gasteiger partial charge in [-0.3, -0.25) is 9.78 Å².